The molecule has 11 nitrogen and oxygen atoms in total. The normalized spacial score (nSPS) is 10.5. The summed E-state index contributed by atoms with van der Waals surface area (Å²) in [6, 6.07) is 5.61. The maximum atomic E-state index is 12.4. The standard InChI is InChI=1S/C19H27N3O4.C2HF3O2.CH2O2/c1-21(2)12-10-14-13-20-15-7-6-8-16(18(14)15)26-19(25)22(3)11-5-4-9-17(23)24;3-2(4,5)1(6)7;2-1-3/h6-8,13,20H,4-5,9-12H2,1-3H3,(H,23,24);(H,6,7);1H,(H,2,3). The van der Waals surface area contributed by atoms with Gasteiger partial charge in [-0.3, -0.25) is 9.59 Å². The lowest BCUT2D eigenvalue weighted by atomic mass is 10.1. The van der Waals surface area contributed by atoms with Crippen molar-refractivity contribution in [2.45, 2.75) is 31.9 Å². The molecule has 2 aromatic rings. The highest BCUT2D eigenvalue weighted by atomic mass is 19.4. The first-order chi connectivity index (χ1) is 16.7. The van der Waals surface area contributed by atoms with Gasteiger partial charge in [0.2, 0.25) is 0 Å². The van der Waals surface area contributed by atoms with E-state index in [9.17, 15) is 22.8 Å². The van der Waals surface area contributed by atoms with Crippen molar-refractivity contribution in [1.82, 2.24) is 14.8 Å². The Morgan fingerprint density at radius 3 is 2.17 bits per heavy atom. The average Bonchev–Trinajstić information content (AvgIpc) is 3.19. The molecule has 0 unspecified atom stereocenters. The van der Waals surface area contributed by atoms with Crippen LogP contribution in [0.3, 0.4) is 0 Å². The van der Waals surface area contributed by atoms with E-state index < -0.39 is 24.2 Å². The number of carbonyl (C=O) groups is 4. The number of alkyl halides is 3. The number of fused-ring (bicyclic) bond motifs is 1. The molecule has 0 spiro atoms. The Kier molecular flexibility index (Phi) is 14.3. The fourth-order valence-electron chi connectivity index (χ4n) is 2.73. The lowest BCUT2D eigenvalue weighted by molar-refractivity contribution is -0.192. The number of halogens is 3. The van der Waals surface area contributed by atoms with Crippen LogP contribution in [0, 0.1) is 0 Å². The first-order valence-corrected chi connectivity index (χ1v) is 10.5. The first kappa shape index (κ1) is 32.2. The van der Waals surface area contributed by atoms with Crippen LogP contribution in [0.1, 0.15) is 24.8 Å². The molecule has 0 radical (unpaired) electrons. The van der Waals surface area contributed by atoms with E-state index in [1.54, 1.807) is 13.1 Å². The number of hydrogen-bond acceptors (Lipinski definition) is 6. The Hall–Kier alpha value is -3.81. The number of nitrogens with zero attached hydrogens (tertiary/aromatic N) is 2. The third-order valence-electron chi connectivity index (χ3n) is 4.46. The number of unbranched alkanes of at least 4 members (excludes halogenated alkanes) is 1. The molecule has 2 rings (SSSR count). The monoisotopic (exact) mass is 521 g/mol. The quantitative estimate of drug-likeness (QED) is 0.287. The number of H-pyrrole nitrogens is 1. The molecule has 202 valence electrons. The van der Waals surface area contributed by atoms with Crippen molar-refractivity contribution in [1.29, 1.82) is 0 Å². The van der Waals surface area contributed by atoms with E-state index >= 15 is 0 Å². The number of likely N-dealkylation sites (N-methyl/N-ethyl adjacent to an activating group) is 1. The van der Waals surface area contributed by atoms with Gasteiger partial charge in [0.15, 0.2) is 0 Å². The molecule has 0 aliphatic carbocycles. The Balaban J connectivity index is 0.00000104. The molecule has 14 heteroatoms. The molecule has 0 aliphatic rings. The van der Waals surface area contributed by atoms with Crippen LogP contribution in [0.25, 0.3) is 10.9 Å². The molecule has 0 saturated heterocycles. The molecule has 4 N–H and O–H groups in total. The maximum Gasteiger partial charge on any atom is 0.490 e. The second-order valence-electron chi connectivity index (χ2n) is 7.59. The van der Waals surface area contributed by atoms with Crippen molar-refractivity contribution < 1.29 is 52.4 Å². The van der Waals surface area contributed by atoms with E-state index in [-0.39, 0.29) is 12.9 Å². The van der Waals surface area contributed by atoms with Crippen LogP contribution in [0.15, 0.2) is 24.4 Å². The highest BCUT2D eigenvalue weighted by molar-refractivity contribution is 5.91. The van der Waals surface area contributed by atoms with Crippen molar-refractivity contribution in [3.05, 3.63) is 30.0 Å². The summed E-state index contributed by atoms with van der Waals surface area (Å²) in [5.74, 6) is -3.04. The molecule has 0 aliphatic heterocycles. The van der Waals surface area contributed by atoms with Crippen LogP contribution in [0.2, 0.25) is 0 Å². The second kappa shape index (κ2) is 16.0. The lowest BCUT2D eigenvalue weighted by Crippen LogP contribution is -2.30. The number of carboxylic acids is 2. The highest BCUT2D eigenvalue weighted by Crippen LogP contribution is 2.29. The van der Waals surface area contributed by atoms with Gasteiger partial charge in [-0.1, -0.05) is 6.07 Å². The van der Waals surface area contributed by atoms with Crippen molar-refractivity contribution in [2.75, 3.05) is 34.2 Å². The summed E-state index contributed by atoms with van der Waals surface area (Å²) in [6.45, 7) is 1.11. The Morgan fingerprint density at radius 1 is 1.08 bits per heavy atom. The minimum absolute atomic E-state index is 0.112. The molecular formula is C22H30F3N3O8. The fourth-order valence-corrected chi connectivity index (χ4v) is 2.73. The highest BCUT2D eigenvalue weighted by Gasteiger charge is 2.38. The fraction of sp³-hybridized carbons (Fsp3) is 0.455. The molecule has 36 heavy (non-hydrogen) atoms. The molecule has 0 fully saturated rings. The SMILES string of the molecule is CN(C)CCc1c[nH]c2cccc(OC(=O)N(C)CCCCC(=O)O)c12.O=C(O)C(F)(F)F.O=CO. The number of amides is 1. The summed E-state index contributed by atoms with van der Waals surface area (Å²) < 4.78 is 37.3. The summed E-state index contributed by atoms with van der Waals surface area (Å²) in [5.41, 5.74) is 2.05. The second-order valence-corrected chi connectivity index (χ2v) is 7.59. The predicted octanol–water partition coefficient (Wildman–Crippen LogP) is 3.29. The zero-order valence-corrected chi connectivity index (χ0v) is 20.0. The van der Waals surface area contributed by atoms with Crippen LogP contribution in [-0.4, -0.2) is 95.0 Å². The van der Waals surface area contributed by atoms with Gasteiger partial charge in [-0.25, -0.2) is 9.59 Å². The Morgan fingerprint density at radius 2 is 1.67 bits per heavy atom. The van der Waals surface area contributed by atoms with Crippen molar-refractivity contribution in [3.63, 3.8) is 0 Å². The van der Waals surface area contributed by atoms with Crippen LogP contribution >= 0.6 is 0 Å². The van der Waals surface area contributed by atoms with Crippen molar-refractivity contribution in [2.24, 2.45) is 0 Å². The lowest BCUT2D eigenvalue weighted by Gasteiger charge is -2.17. The van der Waals surface area contributed by atoms with Crippen LogP contribution < -0.4 is 4.74 Å². The van der Waals surface area contributed by atoms with E-state index in [0.29, 0.717) is 25.1 Å². The van der Waals surface area contributed by atoms with Gasteiger partial charge in [0.05, 0.1) is 0 Å². The molecule has 0 bridgehead atoms. The number of ether oxygens (including phenoxy) is 1. The number of rotatable bonds is 9. The molecule has 1 amide bonds. The first-order valence-electron chi connectivity index (χ1n) is 10.5. The van der Waals surface area contributed by atoms with E-state index in [0.717, 1.165) is 29.4 Å². The van der Waals surface area contributed by atoms with E-state index in [2.05, 4.69) is 9.88 Å². The van der Waals surface area contributed by atoms with E-state index in [4.69, 9.17) is 29.6 Å². The maximum absolute atomic E-state index is 12.4. The number of aromatic amines is 1. The van der Waals surface area contributed by atoms with E-state index in [1.807, 2.05) is 32.4 Å². The van der Waals surface area contributed by atoms with Crippen molar-refractivity contribution >= 4 is 35.4 Å². The van der Waals surface area contributed by atoms with Gasteiger partial charge in [0, 0.05) is 43.7 Å². The van der Waals surface area contributed by atoms with Crippen LogP contribution in [-0.2, 0) is 20.8 Å². The summed E-state index contributed by atoms with van der Waals surface area (Å²) in [7, 11) is 5.71. The predicted molar refractivity (Wildman–Crippen MR) is 123 cm³/mol. The number of carbonyl (C=O) groups excluding carboxylic acids is 1. The minimum Gasteiger partial charge on any atom is -0.483 e. The number of aromatic nitrogens is 1. The topological polar surface area (TPSA) is 160 Å². The van der Waals surface area contributed by atoms with Crippen LogP contribution in [0.4, 0.5) is 18.0 Å². The van der Waals surface area contributed by atoms with Crippen LogP contribution in [0.5, 0.6) is 5.75 Å². The third kappa shape index (κ3) is 12.6. The molecule has 1 heterocycles. The Bertz CT molecular complexity index is 993. The number of hydrogen-bond donors (Lipinski definition) is 4. The molecule has 0 atom stereocenters. The molecule has 1 aromatic carbocycles. The number of carboxylic acid groups (broad SMARTS) is 3. The van der Waals surface area contributed by atoms with Gasteiger partial charge in [0.1, 0.15) is 5.75 Å². The van der Waals surface area contributed by atoms with Gasteiger partial charge in [-0.2, -0.15) is 13.2 Å². The number of benzene rings is 1. The zero-order valence-electron chi connectivity index (χ0n) is 20.0. The van der Waals surface area contributed by atoms with Gasteiger partial charge in [-0.05, 0) is 51.1 Å². The van der Waals surface area contributed by atoms with Crippen molar-refractivity contribution in [3.8, 4) is 5.75 Å². The smallest absolute Gasteiger partial charge is 0.483 e. The minimum atomic E-state index is -5.08. The Labute approximate surface area is 205 Å². The van der Waals surface area contributed by atoms with Gasteiger partial charge >= 0.3 is 24.2 Å². The molecular weight excluding hydrogens is 491 g/mol. The molecule has 1 aromatic heterocycles. The van der Waals surface area contributed by atoms with Gasteiger partial charge < -0.3 is 34.8 Å². The summed E-state index contributed by atoms with van der Waals surface area (Å²) in [4.78, 5) is 47.0. The third-order valence-corrected chi connectivity index (χ3v) is 4.46. The zero-order chi connectivity index (χ0) is 27.9. The largest absolute Gasteiger partial charge is 0.490 e. The number of aliphatic carboxylic acids is 2. The van der Waals surface area contributed by atoms with Gasteiger partial charge in [-0.15, -0.1) is 0 Å². The molecule has 0 saturated carbocycles. The number of nitrogens with one attached hydrogen (secondary N) is 1. The summed E-state index contributed by atoms with van der Waals surface area (Å²) in [5, 5.41) is 23.6. The van der Waals surface area contributed by atoms with E-state index in [1.165, 1.54) is 4.90 Å². The summed E-state index contributed by atoms with van der Waals surface area (Å²) >= 11 is 0. The van der Waals surface area contributed by atoms with Gasteiger partial charge in [0.25, 0.3) is 6.47 Å². The average molecular weight is 521 g/mol. The summed E-state index contributed by atoms with van der Waals surface area (Å²) in [6.07, 6.45) is -1.43.